The molecule has 0 radical (unpaired) electrons. The summed E-state index contributed by atoms with van der Waals surface area (Å²) in [5.41, 5.74) is -0.985. The average molecular weight is 313 g/mol. The van der Waals surface area contributed by atoms with Crippen molar-refractivity contribution in [1.82, 2.24) is 5.32 Å². The molecule has 1 rings (SSSR count). The average Bonchev–Trinajstić information content (AvgIpc) is 2.41. The van der Waals surface area contributed by atoms with Crippen LogP contribution in [0.15, 0.2) is 18.2 Å². The minimum Gasteiger partial charge on any atom is -0.479 e. The Morgan fingerprint density at radius 2 is 2.10 bits per heavy atom. The van der Waals surface area contributed by atoms with Crippen molar-refractivity contribution in [2.24, 2.45) is 5.92 Å². The maximum absolute atomic E-state index is 12.9. The summed E-state index contributed by atoms with van der Waals surface area (Å²) in [5, 5.41) is 11.9. The molecule has 0 fully saturated rings. The Bertz CT molecular complexity index is 571. The third-order valence-electron chi connectivity index (χ3n) is 3.34. The first-order valence-corrected chi connectivity index (χ1v) is 6.92. The van der Waals surface area contributed by atoms with Gasteiger partial charge in [0.15, 0.2) is 6.10 Å². The first kappa shape index (κ1) is 17.3. The molecule has 2 atom stereocenters. The number of amides is 1. The van der Waals surface area contributed by atoms with Gasteiger partial charge in [0, 0.05) is 0 Å². The van der Waals surface area contributed by atoms with Crippen LogP contribution in [0.1, 0.15) is 27.7 Å². The number of nitriles is 1. The van der Waals surface area contributed by atoms with Crippen LogP contribution >= 0.6 is 11.6 Å². The van der Waals surface area contributed by atoms with E-state index >= 15 is 0 Å². The summed E-state index contributed by atoms with van der Waals surface area (Å²) in [7, 11) is 0. The van der Waals surface area contributed by atoms with Crippen molar-refractivity contribution in [3.63, 3.8) is 0 Å². The van der Waals surface area contributed by atoms with Gasteiger partial charge in [-0.25, -0.2) is 4.39 Å². The first-order chi connectivity index (χ1) is 9.69. The Balaban J connectivity index is 2.78. The number of carbonyl (C=O) groups is 1. The Kier molecular flexibility index (Phi) is 5.56. The predicted molar refractivity (Wildman–Crippen MR) is 78.5 cm³/mol. The fourth-order valence-electron chi connectivity index (χ4n) is 1.47. The molecule has 4 nitrogen and oxygen atoms in total. The van der Waals surface area contributed by atoms with Crippen LogP contribution in [0.5, 0.6) is 5.75 Å². The normalized spacial score (nSPS) is 15.0. The lowest BCUT2D eigenvalue weighted by molar-refractivity contribution is -0.128. The molecule has 0 aliphatic rings. The summed E-state index contributed by atoms with van der Waals surface area (Å²) in [6.45, 7) is 6.86. The third-order valence-corrected chi connectivity index (χ3v) is 3.63. The van der Waals surface area contributed by atoms with Gasteiger partial charge in [-0.2, -0.15) is 5.26 Å². The quantitative estimate of drug-likeness (QED) is 0.907. The van der Waals surface area contributed by atoms with Crippen molar-refractivity contribution in [2.75, 3.05) is 0 Å². The molecule has 1 N–H and O–H groups in total. The van der Waals surface area contributed by atoms with Gasteiger partial charge in [-0.1, -0.05) is 25.4 Å². The molecule has 1 aromatic carbocycles. The number of halogens is 2. The van der Waals surface area contributed by atoms with Crippen molar-refractivity contribution >= 4 is 17.5 Å². The van der Waals surface area contributed by atoms with Gasteiger partial charge in [0.1, 0.15) is 17.1 Å². The smallest absolute Gasteiger partial charge is 0.262 e. The Hall–Kier alpha value is -1.80. The molecular formula is C15H18ClFN2O2. The molecular weight excluding hydrogens is 295 g/mol. The standard InChI is InChI=1S/C15H18ClFN2O2/c1-9(2)15(4,8-18)19-14(20)10(3)21-13-6-5-11(17)7-12(13)16/h5-7,9-10H,1-4H3,(H,19,20). The lowest BCUT2D eigenvalue weighted by Crippen LogP contribution is -2.52. The number of rotatable bonds is 5. The van der Waals surface area contributed by atoms with Crippen LogP contribution in [0, 0.1) is 23.1 Å². The molecule has 0 aliphatic carbocycles. The van der Waals surface area contributed by atoms with Gasteiger partial charge in [-0.3, -0.25) is 4.79 Å². The number of nitrogens with zero attached hydrogens (tertiary/aromatic N) is 1. The molecule has 0 saturated carbocycles. The van der Waals surface area contributed by atoms with Crippen molar-refractivity contribution in [3.05, 3.63) is 29.0 Å². The highest BCUT2D eigenvalue weighted by molar-refractivity contribution is 6.32. The number of carbonyl (C=O) groups excluding carboxylic acids is 1. The van der Waals surface area contributed by atoms with E-state index < -0.39 is 23.4 Å². The Labute approximate surface area is 128 Å². The molecule has 0 aliphatic heterocycles. The second kappa shape index (κ2) is 6.77. The molecule has 0 heterocycles. The highest BCUT2D eigenvalue weighted by Gasteiger charge is 2.32. The van der Waals surface area contributed by atoms with E-state index in [0.29, 0.717) is 0 Å². The van der Waals surface area contributed by atoms with Crippen LogP contribution in [-0.4, -0.2) is 17.6 Å². The van der Waals surface area contributed by atoms with E-state index in [9.17, 15) is 14.4 Å². The number of hydrogen-bond donors (Lipinski definition) is 1. The molecule has 0 bridgehead atoms. The van der Waals surface area contributed by atoms with Crippen molar-refractivity contribution in [3.8, 4) is 11.8 Å². The molecule has 0 aromatic heterocycles. The topological polar surface area (TPSA) is 62.1 Å². The lowest BCUT2D eigenvalue weighted by atomic mass is 9.90. The van der Waals surface area contributed by atoms with Crippen LogP contribution in [0.25, 0.3) is 0 Å². The second-order valence-electron chi connectivity index (χ2n) is 5.29. The zero-order chi connectivity index (χ0) is 16.2. The SMILES string of the molecule is CC(Oc1ccc(F)cc1Cl)C(=O)NC(C)(C#N)C(C)C. The van der Waals surface area contributed by atoms with Crippen LogP contribution < -0.4 is 10.1 Å². The van der Waals surface area contributed by atoms with Gasteiger partial charge in [0.05, 0.1) is 11.1 Å². The maximum Gasteiger partial charge on any atom is 0.262 e. The molecule has 21 heavy (non-hydrogen) atoms. The van der Waals surface area contributed by atoms with E-state index in [4.69, 9.17) is 16.3 Å². The summed E-state index contributed by atoms with van der Waals surface area (Å²) >= 11 is 5.84. The van der Waals surface area contributed by atoms with Gasteiger partial charge < -0.3 is 10.1 Å². The highest BCUT2D eigenvalue weighted by Crippen LogP contribution is 2.26. The number of benzene rings is 1. The van der Waals surface area contributed by atoms with Crippen LogP contribution in [0.2, 0.25) is 5.02 Å². The second-order valence-corrected chi connectivity index (χ2v) is 5.70. The zero-order valence-corrected chi connectivity index (χ0v) is 13.2. The minimum atomic E-state index is -0.985. The fourth-order valence-corrected chi connectivity index (χ4v) is 1.69. The van der Waals surface area contributed by atoms with Gasteiger partial charge in [-0.15, -0.1) is 0 Å². The number of nitrogens with one attached hydrogen (secondary N) is 1. The van der Waals surface area contributed by atoms with Gasteiger partial charge in [0.2, 0.25) is 0 Å². The van der Waals surface area contributed by atoms with Gasteiger partial charge >= 0.3 is 0 Å². The van der Waals surface area contributed by atoms with E-state index in [0.717, 1.165) is 6.07 Å². The van der Waals surface area contributed by atoms with Crippen LogP contribution in [-0.2, 0) is 4.79 Å². The molecule has 1 aromatic rings. The summed E-state index contributed by atoms with van der Waals surface area (Å²) < 4.78 is 18.4. The van der Waals surface area contributed by atoms with Crippen molar-refractivity contribution < 1.29 is 13.9 Å². The van der Waals surface area contributed by atoms with Crippen molar-refractivity contribution in [1.29, 1.82) is 5.26 Å². The van der Waals surface area contributed by atoms with Crippen molar-refractivity contribution in [2.45, 2.75) is 39.3 Å². The summed E-state index contributed by atoms with van der Waals surface area (Å²) in [6, 6.07) is 5.74. The number of hydrogen-bond acceptors (Lipinski definition) is 3. The summed E-state index contributed by atoms with van der Waals surface area (Å²) in [4.78, 5) is 12.1. The highest BCUT2D eigenvalue weighted by atomic mass is 35.5. The van der Waals surface area contributed by atoms with Crippen LogP contribution in [0.3, 0.4) is 0 Å². The molecule has 2 unspecified atom stereocenters. The Morgan fingerprint density at radius 3 is 2.57 bits per heavy atom. The summed E-state index contributed by atoms with van der Waals surface area (Å²) in [5.74, 6) is -0.772. The monoisotopic (exact) mass is 312 g/mol. The van der Waals surface area contributed by atoms with E-state index in [1.165, 1.54) is 19.1 Å². The molecule has 0 saturated heterocycles. The van der Waals surface area contributed by atoms with Gasteiger partial charge in [-0.05, 0) is 38.0 Å². The van der Waals surface area contributed by atoms with Crippen LogP contribution in [0.4, 0.5) is 4.39 Å². The maximum atomic E-state index is 12.9. The lowest BCUT2D eigenvalue weighted by Gasteiger charge is -2.28. The first-order valence-electron chi connectivity index (χ1n) is 6.54. The molecule has 1 amide bonds. The van der Waals surface area contributed by atoms with Gasteiger partial charge in [0.25, 0.3) is 5.91 Å². The van der Waals surface area contributed by atoms with E-state index in [-0.39, 0.29) is 16.7 Å². The minimum absolute atomic E-state index is 0.0620. The van der Waals surface area contributed by atoms with E-state index in [2.05, 4.69) is 11.4 Å². The molecule has 0 spiro atoms. The zero-order valence-electron chi connectivity index (χ0n) is 12.4. The Morgan fingerprint density at radius 1 is 1.48 bits per heavy atom. The molecule has 6 heteroatoms. The number of ether oxygens (including phenoxy) is 1. The predicted octanol–water partition coefficient (Wildman–Crippen LogP) is 3.30. The van der Waals surface area contributed by atoms with E-state index in [1.807, 2.05) is 13.8 Å². The fraction of sp³-hybridized carbons (Fsp3) is 0.467. The summed E-state index contributed by atoms with van der Waals surface area (Å²) in [6.07, 6.45) is -0.862. The van der Waals surface area contributed by atoms with E-state index in [1.54, 1.807) is 6.92 Å². The largest absolute Gasteiger partial charge is 0.479 e. The molecule has 114 valence electrons. The third kappa shape index (κ3) is 4.33.